The smallest absolute Gasteiger partial charge is 0.194 e. The van der Waals surface area contributed by atoms with Crippen molar-refractivity contribution in [1.82, 2.24) is 20.6 Å². The standard InChI is InChI=1S/C7H13N5/c1-5-3-2-4-7(5,8)6-9-11-12-10-6/h5H,2-4,8H2,1H3,(H,9,10,11,12). The first-order valence-corrected chi connectivity index (χ1v) is 4.26. The molecule has 1 aliphatic rings. The first kappa shape index (κ1) is 7.67. The molecule has 1 heterocycles. The average Bonchev–Trinajstić information content (AvgIpc) is 2.62. The summed E-state index contributed by atoms with van der Waals surface area (Å²) in [5.74, 6) is 1.11. The maximum absolute atomic E-state index is 6.18. The van der Waals surface area contributed by atoms with Gasteiger partial charge in [0.05, 0.1) is 5.54 Å². The third-order valence-corrected chi connectivity index (χ3v) is 2.87. The van der Waals surface area contributed by atoms with Crippen molar-refractivity contribution in [2.75, 3.05) is 0 Å². The summed E-state index contributed by atoms with van der Waals surface area (Å²) in [4.78, 5) is 0. The molecule has 66 valence electrons. The van der Waals surface area contributed by atoms with Gasteiger partial charge in [0.2, 0.25) is 0 Å². The summed E-state index contributed by atoms with van der Waals surface area (Å²) in [6.45, 7) is 2.14. The molecule has 1 fully saturated rings. The molecule has 0 amide bonds. The first-order valence-electron chi connectivity index (χ1n) is 4.26. The van der Waals surface area contributed by atoms with Gasteiger partial charge in [-0.15, -0.1) is 10.2 Å². The summed E-state index contributed by atoms with van der Waals surface area (Å²) >= 11 is 0. The van der Waals surface area contributed by atoms with Crippen LogP contribution in [0.4, 0.5) is 0 Å². The van der Waals surface area contributed by atoms with E-state index in [1.807, 2.05) is 0 Å². The molecule has 2 atom stereocenters. The van der Waals surface area contributed by atoms with Gasteiger partial charge in [-0.1, -0.05) is 18.6 Å². The third kappa shape index (κ3) is 0.929. The second kappa shape index (κ2) is 2.52. The van der Waals surface area contributed by atoms with Crippen molar-refractivity contribution in [2.24, 2.45) is 11.7 Å². The van der Waals surface area contributed by atoms with E-state index in [2.05, 4.69) is 27.5 Å². The van der Waals surface area contributed by atoms with Crippen LogP contribution in [0.2, 0.25) is 0 Å². The number of aromatic nitrogens is 4. The third-order valence-electron chi connectivity index (χ3n) is 2.87. The highest BCUT2D eigenvalue weighted by Crippen LogP contribution is 2.38. The molecule has 1 saturated carbocycles. The molecule has 0 aromatic carbocycles. The molecule has 5 heteroatoms. The fourth-order valence-electron chi connectivity index (χ4n) is 1.90. The number of H-pyrrole nitrogens is 1. The molecule has 1 aromatic heterocycles. The lowest BCUT2D eigenvalue weighted by molar-refractivity contribution is 0.329. The Morgan fingerprint density at radius 2 is 2.50 bits per heavy atom. The number of rotatable bonds is 1. The van der Waals surface area contributed by atoms with Crippen LogP contribution in [0.1, 0.15) is 32.0 Å². The number of nitrogens with zero attached hydrogens (tertiary/aromatic N) is 3. The van der Waals surface area contributed by atoms with Crippen LogP contribution in [0, 0.1) is 5.92 Å². The second-order valence-electron chi connectivity index (χ2n) is 3.57. The zero-order valence-corrected chi connectivity index (χ0v) is 7.12. The Morgan fingerprint density at radius 3 is 3.00 bits per heavy atom. The lowest BCUT2D eigenvalue weighted by atomic mass is 9.89. The van der Waals surface area contributed by atoms with E-state index in [-0.39, 0.29) is 5.54 Å². The monoisotopic (exact) mass is 167 g/mol. The van der Waals surface area contributed by atoms with Gasteiger partial charge in [0.1, 0.15) is 0 Å². The topological polar surface area (TPSA) is 80.5 Å². The van der Waals surface area contributed by atoms with E-state index >= 15 is 0 Å². The lowest BCUT2D eigenvalue weighted by Crippen LogP contribution is -2.40. The molecular formula is C7H13N5. The Morgan fingerprint density at radius 1 is 1.67 bits per heavy atom. The van der Waals surface area contributed by atoms with Gasteiger partial charge in [0.25, 0.3) is 0 Å². The summed E-state index contributed by atoms with van der Waals surface area (Å²) in [5.41, 5.74) is 5.84. The van der Waals surface area contributed by atoms with Crippen molar-refractivity contribution >= 4 is 0 Å². The van der Waals surface area contributed by atoms with Crippen LogP contribution in [0.3, 0.4) is 0 Å². The molecule has 0 radical (unpaired) electrons. The molecule has 1 aromatic rings. The Balaban J connectivity index is 2.32. The highest BCUT2D eigenvalue weighted by molar-refractivity contribution is 5.06. The zero-order chi connectivity index (χ0) is 8.60. The van der Waals surface area contributed by atoms with Crippen molar-refractivity contribution in [3.8, 4) is 0 Å². The lowest BCUT2D eigenvalue weighted by Gasteiger charge is -2.24. The minimum atomic E-state index is -0.340. The Hall–Kier alpha value is -0.970. The maximum Gasteiger partial charge on any atom is 0.194 e. The molecule has 1 aliphatic carbocycles. The van der Waals surface area contributed by atoms with Gasteiger partial charge in [-0.25, -0.2) is 0 Å². The van der Waals surface area contributed by atoms with Crippen molar-refractivity contribution in [3.05, 3.63) is 5.82 Å². The van der Waals surface area contributed by atoms with E-state index in [1.54, 1.807) is 0 Å². The zero-order valence-electron chi connectivity index (χ0n) is 7.12. The number of nitrogens with two attached hydrogens (primary N) is 1. The fourth-order valence-corrected chi connectivity index (χ4v) is 1.90. The predicted octanol–water partition coefficient (Wildman–Crippen LogP) is 0.174. The summed E-state index contributed by atoms with van der Waals surface area (Å²) < 4.78 is 0. The molecule has 0 saturated heterocycles. The van der Waals surface area contributed by atoms with Crippen molar-refractivity contribution < 1.29 is 0 Å². The fraction of sp³-hybridized carbons (Fsp3) is 0.857. The maximum atomic E-state index is 6.18. The van der Waals surface area contributed by atoms with Gasteiger partial charge < -0.3 is 5.73 Å². The van der Waals surface area contributed by atoms with Crippen molar-refractivity contribution in [3.63, 3.8) is 0 Å². The number of tetrazole rings is 1. The van der Waals surface area contributed by atoms with Crippen LogP contribution in [-0.2, 0) is 5.54 Å². The van der Waals surface area contributed by atoms with E-state index < -0.39 is 0 Å². The van der Waals surface area contributed by atoms with Gasteiger partial charge in [0.15, 0.2) is 5.82 Å². The summed E-state index contributed by atoms with van der Waals surface area (Å²) in [5, 5.41) is 13.9. The predicted molar refractivity (Wildman–Crippen MR) is 43.1 cm³/mol. The quantitative estimate of drug-likeness (QED) is 0.625. The van der Waals surface area contributed by atoms with Crippen LogP contribution in [0.25, 0.3) is 0 Å². The van der Waals surface area contributed by atoms with Crippen molar-refractivity contribution in [2.45, 2.75) is 31.7 Å². The molecule has 5 nitrogen and oxygen atoms in total. The molecule has 0 bridgehead atoms. The highest BCUT2D eigenvalue weighted by atomic mass is 15.5. The number of nitrogens with one attached hydrogen (secondary N) is 1. The van der Waals surface area contributed by atoms with E-state index in [0.717, 1.165) is 19.3 Å². The van der Waals surface area contributed by atoms with Crippen LogP contribution in [0.5, 0.6) is 0 Å². The van der Waals surface area contributed by atoms with E-state index in [1.165, 1.54) is 0 Å². The molecule has 12 heavy (non-hydrogen) atoms. The second-order valence-corrected chi connectivity index (χ2v) is 3.57. The Kier molecular flexibility index (Phi) is 1.61. The van der Waals surface area contributed by atoms with E-state index in [4.69, 9.17) is 5.73 Å². The van der Waals surface area contributed by atoms with Gasteiger partial charge in [-0.3, -0.25) is 0 Å². The van der Waals surface area contributed by atoms with Gasteiger partial charge in [0, 0.05) is 0 Å². The number of hydrogen-bond donors (Lipinski definition) is 2. The number of hydrogen-bond acceptors (Lipinski definition) is 4. The minimum absolute atomic E-state index is 0.340. The Labute approximate surface area is 70.7 Å². The van der Waals surface area contributed by atoms with Crippen LogP contribution in [-0.4, -0.2) is 20.6 Å². The largest absolute Gasteiger partial charge is 0.318 e. The molecular weight excluding hydrogens is 154 g/mol. The van der Waals surface area contributed by atoms with E-state index in [9.17, 15) is 0 Å². The van der Waals surface area contributed by atoms with E-state index in [0.29, 0.717) is 11.7 Å². The number of aromatic amines is 1. The summed E-state index contributed by atoms with van der Waals surface area (Å²) in [6, 6.07) is 0. The van der Waals surface area contributed by atoms with Gasteiger partial charge in [-0.2, -0.15) is 5.21 Å². The SMILES string of the molecule is CC1CCCC1(N)c1nn[nH]n1. The van der Waals surface area contributed by atoms with Crippen LogP contribution in [0.15, 0.2) is 0 Å². The molecule has 3 N–H and O–H groups in total. The Bertz CT molecular complexity index is 257. The minimum Gasteiger partial charge on any atom is -0.318 e. The summed E-state index contributed by atoms with van der Waals surface area (Å²) in [7, 11) is 0. The molecule has 0 spiro atoms. The van der Waals surface area contributed by atoms with Gasteiger partial charge >= 0.3 is 0 Å². The normalized spacial score (nSPS) is 35.7. The van der Waals surface area contributed by atoms with Crippen LogP contribution >= 0.6 is 0 Å². The van der Waals surface area contributed by atoms with Crippen LogP contribution < -0.4 is 5.73 Å². The molecule has 2 rings (SSSR count). The highest BCUT2D eigenvalue weighted by Gasteiger charge is 2.41. The average molecular weight is 167 g/mol. The van der Waals surface area contributed by atoms with Gasteiger partial charge in [-0.05, 0) is 18.8 Å². The molecule has 2 unspecified atom stereocenters. The first-order chi connectivity index (χ1) is 5.73. The summed E-state index contributed by atoms with van der Waals surface area (Å²) in [6.07, 6.45) is 3.28. The van der Waals surface area contributed by atoms with Crippen molar-refractivity contribution in [1.29, 1.82) is 0 Å². The molecule has 0 aliphatic heterocycles.